The van der Waals surface area contributed by atoms with Gasteiger partial charge in [0, 0.05) is 11.3 Å². The standard InChI is InChI=1S/C12H14N2O3/c1-3-9-8(11(16)10(15)4-2)5-7(6-13)12(17)14-9/h5,10,15H,3-4H2,1-2H3,(H,14,17). The number of aromatic nitrogens is 1. The monoisotopic (exact) mass is 234 g/mol. The number of nitrogens with zero attached hydrogens (tertiary/aromatic N) is 1. The summed E-state index contributed by atoms with van der Waals surface area (Å²) in [5.74, 6) is -0.461. The van der Waals surface area contributed by atoms with Gasteiger partial charge >= 0.3 is 0 Å². The molecule has 1 rings (SSSR count). The molecule has 0 aromatic carbocycles. The van der Waals surface area contributed by atoms with E-state index in [0.717, 1.165) is 0 Å². The van der Waals surface area contributed by atoms with Gasteiger partial charge in [-0.25, -0.2) is 0 Å². The molecule has 5 nitrogen and oxygen atoms in total. The summed E-state index contributed by atoms with van der Waals surface area (Å²) in [6, 6.07) is 2.97. The number of aromatic amines is 1. The number of aryl methyl sites for hydroxylation is 1. The van der Waals surface area contributed by atoms with E-state index in [4.69, 9.17) is 5.26 Å². The Morgan fingerprint density at radius 1 is 1.59 bits per heavy atom. The highest BCUT2D eigenvalue weighted by molar-refractivity contribution is 6.00. The van der Waals surface area contributed by atoms with Crippen LogP contribution in [0.2, 0.25) is 0 Å². The Bertz CT molecular complexity index is 526. The van der Waals surface area contributed by atoms with Crippen molar-refractivity contribution in [1.82, 2.24) is 4.98 Å². The van der Waals surface area contributed by atoms with Crippen LogP contribution in [0.15, 0.2) is 10.9 Å². The first-order valence-corrected chi connectivity index (χ1v) is 5.43. The number of pyridine rings is 1. The Kier molecular flexibility index (Phi) is 4.18. The molecule has 1 heterocycles. The summed E-state index contributed by atoms with van der Waals surface area (Å²) in [5.41, 5.74) is 0.0465. The lowest BCUT2D eigenvalue weighted by atomic mass is 10.00. The third kappa shape index (κ3) is 2.60. The van der Waals surface area contributed by atoms with Gasteiger partial charge in [-0.2, -0.15) is 5.26 Å². The lowest BCUT2D eigenvalue weighted by molar-refractivity contribution is 0.0739. The Morgan fingerprint density at radius 2 is 2.24 bits per heavy atom. The number of Topliss-reactive ketones (excluding diaryl/α,β-unsaturated/α-hetero) is 1. The van der Waals surface area contributed by atoms with Gasteiger partial charge in [-0.1, -0.05) is 13.8 Å². The van der Waals surface area contributed by atoms with E-state index in [0.29, 0.717) is 18.5 Å². The fourth-order valence-corrected chi connectivity index (χ4v) is 1.52. The predicted molar refractivity (Wildman–Crippen MR) is 61.8 cm³/mol. The maximum absolute atomic E-state index is 11.9. The molecule has 17 heavy (non-hydrogen) atoms. The molecule has 1 atom stereocenters. The number of H-pyrrole nitrogens is 1. The van der Waals surface area contributed by atoms with E-state index in [2.05, 4.69) is 4.98 Å². The SMILES string of the molecule is CCc1[nH]c(=O)c(C#N)cc1C(=O)C(O)CC. The number of carbonyl (C=O) groups is 1. The average Bonchev–Trinajstić information content (AvgIpc) is 2.36. The van der Waals surface area contributed by atoms with Crippen molar-refractivity contribution in [3.63, 3.8) is 0 Å². The topological polar surface area (TPSA) is 94.0 Å². The summed E-state index contributed by atoms with van der Waals surface area (Å²) in [7, 11) is 0. The molecule has 0 radical (unpaired) electrons. The molecule has 0 aliphatic carbocycles. The number of nitriles is 1. The average molecular weight is 234 g/mol. The van der Waals surface area contributed by atoms with Gasteiger partial charge in [0.2, 0.25) is 0 Å². The quantitative estimate of drug-likeness (QED) is 0.752. The Hall–Kier alpha value is -1.93. The van der Waals surface area contributed by atoms with E-state index in [1.807, 2.05) is 0 Å². The molecular formula is C12H14N2O3. The smallest absolute Gasteiger partial charge is 0.266 e. The van der Waals surface area contributed by atoms with Gasteiger partial charge in [-0.3, -0.25) is 9.59 Å². The number of carbonyl (C=O) groups excluding carboxylic acids is 1. The van der Waals surface area contributed by atoms with Gasteiger partial charge in [0.1, 0.15) is 17.7 Å². The highest BCUT2D eigenvalue weighted by Gasteiger charge is 2.20. The second-order valence-electron chi connectivity index (χ2n) is 3.66. The fourth-order valence-electron chi connectivity index (χ4n) is 1.52. The third-order valence-electron chi connectivity index (χ3n) is 2.55. The molecule has 0 saturated heterocycles. The lowest BCUT2D eigenvalue weighted by Gasteiger charge is -2.10. The van der Waals surface area contributed by atoms with E-state index >= 15 is 0 Å². The largest absolute Gasteiger partial charge is 0.385 e. The van der Waals surface area contributed by atoms with E-state index < -0.39 is 17.4 Å². The minimum Gasteiger partial charge on any atom is -0.385 e. The number of aliphatic hydroxyl groups is 1. The summed E-state index contributed by atoms with van der Waals surface area (Å²) in [5, 5.41) is 18.2. The van der Waals surface area contributed by atoms with Crippen molar-refractivity contribution in [2.24, 2.45) is 0 Å². The summed E-state index contributed by atoms with van der Waals surface area (Å²) < 4.78 is 0. The molecule has 0 aliphatic rings. The van der Waals surface area contributed by atoms with E-state index in [1.165, 1.54) is 6.07 Å². The van der Waals surface area contributed by atoms with Crippen LogP contribution >= 0.6 is 0 Å². The van der Waals surface area contributed by atoms with Gasteiger partial charge in [0.25, 0.3) is 5.56 Å². The highest BCUT2D eigenvalue weighted by Crippen LogP contribution is 2.11. The third-order valence-corrected chi connectivity index (χ3v) is 2.55. The summed E-state index contributed by atoms with van der Waals surface area (Å²) in [6.45, 7) is 3.47. The normalized spacial score (nSPS) is 11.9. The Morgan fingerprint density at radius 3 is 2.71 bits per heavy atom. The van der Waals surface area contributed by atoms with Crippen LogP contribution in [0, 0.1) is 11.3 Å². The number of ketones is 1. The number of hydrogen-bond acceptors (Lipinski definition) is 4. The minimum absolute atomic E-state index is 0.117. The van der Waals surface area contributed by atoms with Crippen molar-refractivity contribution in [3.05, 3.63) is 33.2 Å². The second kappa shape index (κ2) is 5.41. The minimum atomic E-state index is -1.10. The molecule has 1 aromatic rings. The zero-order valence-corrected chi connectivity index (χ0v) is 9.78. The van der Waals surface area contributed by atoms with Crippen molar-refractivity contribution >= 4 is 5.78 Å². The van der Waals surface area contributed by atoms with Crippen molar-refractivity contribution in [3.8, 4) is 6.07 Å². The summed E-state index contributed by atoms with van der Waals surface area (Å²) in [4.78, 5) is 25.7. The predicted octanol–water partition coefficient (Wildman–Crippen LogP) is 0.763. The molecule has 0 bridgehead atoms. The molecule has 0 aliphatic heterocycles. The molecular weight excluding hydrogens is 220 g/mol. The molecule has 0 spiro atoms. The summed E-state index contributed by atoms with van der Waals surface area (Å²) in [6.07, 6.45) is -0.348. The number of hydrogen-bond donors (Lipinski definition) is 2. The first kappa shape index (κ1) is 13.1. The molecule has 0 saturated carbocycles. The van der Waals surface area contributed by atoms with E-state index in [-0.39, 0.29) is 11.1 Å². The molecule has 0 fully saturated rings. The van der Waals surface area contributed by atoms with Crippen LogP contribution in [0.4, 0.5) is 0 Å². The van der Waals surface area contributed by atoms with E-state index in [1.54, 1.807) is 19.9 Å². The Balaban J connectivity index is 3.37. The first-order chi connectivity index (χ1) is 8.04. The highest BCUT2D eigenvalue weighted by atomic mass is 16.3. The first-order valence-electron chi connectivity index (χ1n) is 5.43. The molecule has 5 heteroatoms. The van der Waals surface area contributed by atoms with Crippen LogP contribution < -0.4 is 5.56 Å². The van der Waals surface area contributed by atoms with Gasteiger partial charge in [-0.05, 0) is 18.9 Å². The van der Waals surface area contributed by atoms with Gasteiger partial charge in [-0.15, -0.1) is 0 Å². The molecule has 1 aromatic heterocycles. The number of nitrogens with one attached hydrogen (secondary N) is 1. The molecule has 90 valence electrons. The van der Waals surface area contributed by atoms with Crippen molar-refractivity contribution < 1.29 is 9.90 Å². The maximum Gasteiger partial charge on any atom is 0.266 e. The fraction of sp³-hybridized carbons (Fsp3) is 0.417. The van der Waals surface area contributed by atoms with Crippen LogP contribution in [0.5, 0.6) is 0 Å². The number of aliphatic hydroxyl groups excluding tert-OH is 1. The summed E-state index contributed by atoms with van der Waals surface area (Å²) >= 11 is 0. The van der Waals surface area contributed by atoms with Crippen LogP contribution in [0.3, 0.4) is 0 Å². The van der Waals surface area contributed by atoms with Crippen LogP contribution in [-0.2, 0) is 6.42 Å². The van der Waals surface area contributed by atoms with Crippen molar-refractivity contribution in [1.29, 1.82) is 5.26 Å². The van der Waals surface area contributed by atoms with Crippen molar-refractivity contribution in [2.75, 3.05) is 0 Å². The Labute approximate surface area is 98.7 Å². The van der Waals surface area contributed by atoms with Gasteiger partial charge in [0.15, 0.2) is 5.78 Å². The zero-order chi connectivity index (χ0) is 13.0. The molecule has 1 unspecified atom stereocenters. The van der Waals surface area contributed by atoms with Crippen molar-refractivity contribution in [2.45, 2.75) is 32.8 Å². The van der Waals surface area contributed by atoms with Crippen LogP contribution in [0.1, 0.15) is 41.9 Å². The van der Waals surface area contributed by atoms with Gasteiger partial charge < -0.3 is 10.1 Å². The van der Waals surface area contributed by atoms with Crippen LogP contribution in [0.25, 0.3) is 0 Å². The van der Waals surface area contributed by atoms with Gasteiger partial charge in [0.05, 0.1) is 0 Å². The lowest BCUT2D eigenvalue weighted by Crippen LogP contribution is -2.24. The van der Waals surface area contributed by atoms with Crippen LogP contribution in [-0.4, -0.2) is 22.0 Å². The second-order valence-corrected chi connectivity index (χ2v) is 3.66. The molecule has 2 N–H and O–H groups in total. The number of rotatable bonds is 4. The van der Waals surface area contributed by atoms with E-state index in [9.17, 15) is 14.7 Å². The molecule has 0 amide bonds. The maximum atomic E-state index is 11.9. The zero-order valence-electron chi connectivity index (χ0n) is 9.78.